The van der Waals surface area contributed by atoms with Crippen LogP contribution in [0.25, 0.3) is 6.08 Å². The molecule has 0 unspecified atom stereocenters. The normalized spacial score (nSPS) is 15.0. The number of rotatable bonds is 6. The van der Waals surface area contributed by atoms with Crippen molar-refractivity contribution in [2.24, 2.45) is 0 Å². The van der Waals surface area contributed by atoms with E-state index in [2.05, 4.69) is 5.32 Å². The maximum absolute atomic E-state index is 13.2. The topological polar surface area (TPSA) is 110 Å². The maximum Gasteiger partial charge on any atom is 0.293 e. The van der Waals surface area contributed by atoms with E-state index in [0.29, 0.717) is 17.3 Å². The van der Waals surface area contributed by atoms with Crippen molar-refractivity contribution in [2.45, 2.75) is 0 Å². The van der Waals surface area contributed by atoms with Gasteiger partial charge in [-0.3, -0.25) is 29.4 Å². The number of nitrogens with zero attached hydrogens (tertiary/aromatic N) is 2. The van der Waals surface area contributed by atoms with Gasteiger partial charge < -0.3 is 5.32 Å². The van der Waals surface area contributed by atoms with Crippen LogP contribution in [-0.2, 0) is 4.79 Å². The third-order valence-electron chi connectivity index (χ3n) is 4.05. The van der Waals surface area contributed by atoms with Gasteiger partial charge in [0.15, 0.2) is 0 Å². The van der Waals surface area contributed by atoms with Crippen LogP contribution >= 0.6 is 23.4 Å². The van der Waals surface area contributed by atoms with Gasteiger partial charge in [0.25, 0.3) is 22.7 Å². The van der Waals surface area contributed by atoms with Crippen LogP contribution in [0.2, 0.25) is 5.02 Å². The third-order valence-corrected chi connectivity index (χ3v) is 5.27. The van der Waals surface area contributed by atoms with Crippen molar-refractivity contribution in [2.75, 3.05) is 13.1 Å². The molecule has 0 aromatic heterocycles. The summed E-state index contributed by atoms with van der Waals surface area (Å²) in [5.41, 5.74) is 0.147. The van der Waals surface area contributed by atoms with Crippen LogP contribution in [-0.4, -0.2) is 40.0 Å². The largest absolute Gasteiger partial charge is 0.350 e. The van der Waals surface area contributed by atoms with Gasteiger partial charge in [-0.05, 0) is 47.7 Å². The molecule has 1 saturated heterocycles. The molecule has 11 heteroatoms. The Hall–Kier alpha value is -3.24. The van der Waals surface area contributed by atoms with Gasteiger partial charge in [-0.1, -0.05) is 23.7 Å². The highest BCUT2D eigenvalue weighted by Crippen LogP contribution is 2.33. The predicted octanol–water partition coefficient (Wildman–Crippen LogP) is 3.85. The fraction of sp³-hybridized carbons (Fsp3) is 0.105. The standard InChI is InChI=1S/C19H13ClFN3O5S/c20-14-5-4-11(8-15(14)24(28)29)9-16-18(26)23(19(27)30-16)7-6-22-17(25)12-2-1-3-13(21)10-12/h1-5,8-10H,6-7H2,(H,22,25)/b16-9-. The fourth-order valence-electron chi connectivity index (χ4n) is 2.62. The zero-order valence-electron chi connectivity index (χ0n) is 15.1. The van der Waals surface area contributed by atoms with E-state index >= 15 is 0 Å². The number of thioether (sulfide) groups is 1. The number of amides is 3. The van der Waals surface area contributed by atoms with Crippen molar-refractivity contribution in [3.63, 3.8) is 0 Å². The summed E-state index contributed by atoms with van der Waals surface area (Å²) in [6, 6.07) is 9.14. The molecule has 3 rings (SSSR count). The Balaban J connectivity index is 1.65. The molecule has 2 aromatic rings. The van der Waals surface area contributed by atoms with Crippen molar-refractivity contribution in [3.8, 4) is 0 Å². The number of benzene rings is 2. The van der Waals surface area contributed by atoms with Gasteiger partial charge in [0.1, 0.15) is 10.8 Å². The molecule has 0 saturated carbocycles. The minimum atomic E-state index is -0.646. The van der Waals surface area contributed by atoms with Crippen LogP contribution < -0.4 is 5.32 Å². The molecule has 1 fully saturated rings. The Morgan fingerprint density at radius 3 is 2.73 bits per heavy atom. The molecule has 0 bridgehead atoms. The molecule has 8 nitrogen and oxygen atoms in total. The lowest BCUT2D eigenvalue weighted by Gasteiger charge is -2.13. The van der Waals surface area contributed by atoms with E-state index in [9.17, 15) is 28.9 Å². The Morgan fingerprint density at radius 2 is 2.03 bits per heavy atom. The molecule has 154 valence electrons. The first-order chi connectivity index (χ1) is 14.3. The van der Waals surface area contributed by atoms with E-state index in [1.54, 1.807) is 0 Å². The second-order valence-electron chi connectivity index (χ2n) is 6.07. The lowest BCUT2D eigenvalue weighted by Crippen LogP contribution is -2.37. The summed E-state index contributed by atoms with van der Waals surface area (Å²) >= 11 is 6.45. The molecular weight excluding hydrogens is 437 g/mol. The Morgan fingerprint density at radius 1 is 1.27 bits per heavy atom. The molecule has 30 heavy (non-hydrogen) atoms. The van der Waals surface area contributed by atoms with Crippen LogP contribution in [0.15, 0.2) is 47.4 Å². The van der Waals surface area contributed by atoms with Crippen molar-refractivity contribution in [1.29, 1.82) is 0 Å². The zero-order valence-corrected chi connectivity index (χ0v) is 16.7. The van der Waals surface area contributed by atoms with E-state index < -0.39 is 27.8 Å². The second kappa shape index (κ2) is 9.06. The van der Waals surface area contributed by atoms with Crippen molar-refractivity contribution >= 4 is 52.2 Å². The van der Waals surface area contributed by atoms with Gasteiger partial charge in [0, 0.05) is 24.7 Å². The number of hydrogen-bond donors (Lipinski definition) is 1. The highest BCUT2D eigenvalue weighted by molar-refractivity contribution is 8.18. The molecule has 2 aromatic carbocycles. The number of nitrogens with one attached hydrogen (secondary N) is 1. The third kappa shape index (κ3) is 4.84. The van der Waals surface area contributed by atoms with Crippen molar-refractivity contribution < 1.29 is 23.7 Å². The number of nitro groups is 1. The Kier molecular flexibility index (Phi) is 6.48. The predicted molar refractivity (Wildman–Crippen MR) is 110 cm³/mol. The highest BCUT2D eigenvalue weighted by atomic mass is 35.5. The number of imide groups is 1. The van der Waals surface area contributed by atoms with Gasteiger partial charge >= 0.3 is 0 Å². The Bertz CT molecular complexity index is 1090. The van der Waals surface area contributed by atoms with Crippen LogP contribution in [0.5, 0.6) is 0 Å². The lowest BCUT2D eigenvalue weighted by atomic mass is 10.2. The first-order valence-corrected chi connectivity index (χ1v) is 9.69. The molecule has 0 spiro atoms. The Labute approximate surface area is 178 Å². The van der Waals surface area contributed by atoms with Crippen molar-refractivity contribution in [1.82, 2.24) is 10.2 Å². The minimum absolute atomic E-state index is 0.0208. The molecular formula is C19H13ClFN3O5S. The quantitative estimate of drug-likeness (QED) is 0.407. The minimum Gasteiger partial charge on any atom is -0.350 e. The molecule has 1 heterocycles. The van der Waals surface area contributed by atoms with Gasteiger partial charge in [-0.25, -0.2) is 4.39 Å². The summed E-state index contributed by atoms with van der Waals surface area (Å²) in [4.78, 5) is 48.0. The summed E-state index contributed by atoms with van der Waals surface area (Å²) in [5.74, 6) is -1.67. The summed E-state index contributed by atoms with van der Waals surface area (Å²) in [6.45, 7) is -0.100. The van der Waals surface area contributed by atoms with E-state index in [-0.39, 0.29) is 34.3 Å². The fourth-order valence-corrected chi connectivity index (χ4v) is 3.67. The van der Waals surface area contributed by atoms with Gasteiger partial charge in [-0.2, -0.15) is 0 Å². The number of halogens is 2. The average Bonchev–Trinajstić information content (AvgIpc) is 2.96. The molecule has 0 aliphatic carbocycles. The van der Waals surface area contributed by atoms with Crippen LogP contribution in [0.3, 0.4) is 0 Å². The molecule has 0 radical (unpaired) electrons. The van der Waals surface area contributed by atoms with Crippen molar-refractivity contribution in [3.05, 3.63) is 79.5 Å². The molecule has 0 atom stereocenters. The maximum atomic E-state index is 13.2. The van der Waals surface area contributed by atoms with Crippen LogP contribution in [0, 0.1) is 15.9 Å². The zero-order chi connectivity index (χ0) is 21.8. The lowest BCUT2D eigenvalue weighted by molar-refractivity contribution is -0.384. The molecule has 3 amide bonds. The SMILES string of the molecule is O=C(NCCN1C(=O)S/C(=C\c2ccc(Cl)c([N+](=O)[O-])c2)C1=O)c1cccc(F)c1. The molecule has 1 aliphatic heterocycles. The number of carbonyl (C=O) groups excluding carboxylic acids is 3. The first kappa shape index (κ1) is 21.5. The van der Waals surface area contributed by atoms with Gasteiger partial charge in [-0.15, -0.1) is 0 Å². The molecule has 1 aliphatic rings. The van der Waals surface area contributed by atoms with Crippen LogP contribution in [0.1, 0.15) is 15.9 Å². The van der Waals surface area contributed by atoms with Gasteiger partial charge in [0.2, 0.25) is 0 Å². The summed E-state index contributed by atoms with van der Waals surface area (Å²) in [7, 11) is 0. The molecule has 1 N–H and O–H groups in total. The van der Waals surface area contributed by atoms with Gasteiger partial charge in [0.05, 0.1) is 9.83 Å². The van der Waals surface area contributed by atoms with E-state index in [4.69, 9.17) is 11.6 Å². The highest BCUT2D eigenvalue weighted by Gasteiger charge is 2.34. The number of nitro benzene ring substituents is 1. The van der Waals surface area contributed by atoms with E-state index in [1.807, 2.05) is 0 Å². The summed E-state index contributed by atoms with van der Waals surface area (Å²) in [5, 5.41) is 12.9. The second-order valence-corrected chi connectivity index (χ2v) is 7.47. The summed E-state index contributed by atoms with van der Waals surface area (Å²) < 4.78 is 13.2. The number of carbonyl (C=O) groups is 3. The van der Waals surface area contributed by atoms with E-state index in [0.717, 1.165) is 11.0 Å². The van der Waals surface area contributed by atoms with E-state index in [1.165, 1.54) is 42.5 Å². The smallest absolute Gasteiger partial charge is 0.293 e. The van der Waals surface area contributed by atoms with Crippen LogP contribution in [0.4, 0.5) is 14.9 Å². The first-order valence-electron chi connectivity index (χ1n) is 8.49. The summed E-state index contributed by atoms with van der Waals surface area (Å²) in [6.07, 6.45) is 1.36. The number of hydrogen-bond acceptors (Lipinski definition) is 6. The monoisotopic (exact) mass is 449 g/mol. The average molecular weight is 450 g/mol.